The number of hydrogen-bond acceptors (Lipinski definition) is 5. The summed E-state index contributed by atoms with van der Waals surface area (Å²) in [6, 6.07) is 3.08. The van der Waals surface area contributed by atoms with E-state index in [0.717, 1.165) is 29.7 Å². The van der Waals surface area contributed by atoms with E-state index in [4.69, 9.17) is 4.74 Å². The maximum atomic E-state index is 12.9. The van der Waals surface area contributed by atoms with Crippen molar-refractivity contribution < 1.29 is 19.1 Å². The van der Waals surface area contributed by atoms with Crippen LogP contribution in [-0.4, -0.2) is 46.4 Å². The van der Waals surface area contributed by atoms with Crippen LogP contribution in [-0.2, 0) is 16.1 Å². The molecule has 1 aliphatic heterocycles. The smallest absolute Gasteiger partial charge is 0.325 e. The van der Waals surface area contributed by atoms with E-state index < -0.39 is 17.5 Å². The highest BCUT2D eigenvalue weighted by Crippen LogP contribution is 2.38. The first-order valence-corrected chi connectivity index (χ1v) is 9.45. The SMILES string of the molecule is CCOc1ncccc1CNC(=O)CN1C(=O)N[C@@]2(CCCC[C@@H]2C)C1=O. The molecule has 0 bridgehead atoms. The number of urea groups is 1. The van der Waals surface area contributed by atoms with Crippen LogP contribution in [0.4, 0.5) is 4.79 Å². The van der Waals surface area contributed by atoms with Gasteiger partial charge in [-0.2, -0.15) is 0 Å². The molecular weight excluding hydrogens is 348 g/mol. The number of pyridine rings is 1. The number of aromatic nitrogens is 1. The standard InChI is InChI=1S/C19H26N4O4/c1-3-27-16-14(8-6-10-20-16)11-21-15(24)12-23-17(25)19(22-18(23)26)9-5-4-7-13(19)2/h6,8,10,13H,3-5,7,9,11-12H2,1-2H3,(H,21,24)(H,22,26)/t13-,19+/m0/s1. The zero-order valence-corrected chi connectivity index (χ0v) is 15.8. The Labute approximate surface area is 158 Å². The monoisotopic (exact) mass is 374 g/mol. The second-order valence-electron chi connectivity index (χ2n) is 7.12. The van der Waals surface area contributed by atoms with Gasteiger partial charge in [-0.05, 0) is 31.7 Å². The fourth-order valence-electron chi connectivity index (χ4n) is 3.86. The van der Waals surface area contributed by atoms with Crippen molar-refractivity contribution >= 4 is 17.8 Å². The molecular formula is C19H26N4O4. The Balaban J connectivity index is 1.61. The molecule has 1 aromatic rings. The third kappa shape index (κ3) is 3.74. The molecule has 146 valence electrons. The number of rotatable bonds is 6. The molecule has 1 aromatic heterocycles. The van der Waals surface area contributed by atoms with Gasteiger partial charge in [-0.25, -0.2) is 9.78 Å². The molecule has 27 heavy (non-hydrogen) atoms. The van der Waals surface area contributed by atoms with E-state index in [9.17, 15) is 14.4 Å². The zero-order chi connectivity index (χ0) is 19.4. The number of amides is 4. The van der Waals surface area contributed by atoms with Gasteiger partial charge in [0.2, 0.25) is 11.8 Å². The van der Waals surface area contributed by atoms with E-state index >= 15 is 0 Å². The second kappa shape index (κ2) is 7.94. The first-order chi connectivity index (χ1) is 13.0. The third-order valence-corrected chi connectivity index (χ3v) is 5.41. The molecule has 2 atom stereocenters. The Morgan fingerprint density at radius 2 is 2.26 bits per heavy atom. The number of hydrogen-bond donors (Lipinski definition) is 2. The van der Waals surface area contributed by atoms with Crippen LogP contribution in [0.15, 0.2) is 18.3 Å². The molecule has 2 N–H and O–H groups in total. The lowest BCUT2D eigenvalue weighted by Crippen LogP contribution is -2.54. The topological polar surface area (TPSA) is 101 Å². The Kier molecular flexibility index (Phi) is 5.62. The average molecular weight is 374 g/mol. The van der Waals surface area contributed by atoms with Gasteiger partial charge in [-0.15, -0.1) is 0 Å². The lowest BCUT2D eigenvalue weighted by Gasteiger charge is -2.36. The number of nitrogens with zero attached hydrogens (tertiary/aromatic N) is 2. The van der Waals surface area contributed by atoms with Crippen LogP contribution in [0.3, 0.4) is 0 Å². The van der Waals surface area contributed by atoms with Crippen molar-refractivity contribution in [1.29, 1.82) is 0 Å². The van der Waals surface area contributed by atoms with Crippen molar-refractivity contribution in [2.45, 2.75) is 51.6 Å². The highest BCUT2D eigenvalue weighted by molar-refractivity contribution is 6.09. The summed E-state index contributed by atoms with van der Waals surface area (Å²) >= 11 is 0. The summed E-state index contributed by atoms with van der Waals surface area (Å²) in [5.74, 6) is -0.151. The molecule has 8 heteroatoms. The number of ether oxygens (including phenoxy) is 1. The van der Waals surface area contributed by atoms with Gasteiger partial charge < -0.3 is 15.4 Å². The van der Waals surface area contributed by atoms with Crippen molar-refractivity contribution in [3.63, 3.8) is 0 Å². The predicted molar refractivity (Wildman–Crippen MR) is 97.9 cm³/mol. The summed E-state index contributed by atoms with van der Waals surface area (Å²) in [5.41, 5.74) is -0.108. The summed E-state index contributed by atoms with van der Waals surface area (Å²) in [6.07, 6.45) is 5.10. The first-order valence-electron chi connectivity index (χ1n) is 9.45. The van der Waals surface area contributed by atoms with E-state index in [2.05, 4.69) is 15.6 Å². The van der Waals surface area contributed by atoms with Gasteiger partial charge in [0, 0.05) is 18.3 Å². The molecule has 2 heterocycles. The number of imide groups is 1. The summed E-state index contributed by atoms with van der Waals surface area (Å²) in [7, 11) is 0. The second-order valence-corrected chi connectivity index (χ2v) is 7.12. The molecule has 0 unspecified atom stereocenters. The normalized spacial score (nSPS) is 24.8. The van der Waals surface area contributed by atoms with Crippen molar-refractivity contribution in [1.82, 2.24) is 20.5 Å². The van der Waals surface area contributed by atoms with Crippen molar-refractivity contribution in [2.75, 3.05) is 13.2 Å². The zero-order valence-electron chi connectivity index (χ0n) is 15.8. The summed E-state index contributed by atoms with van der Waals surface area (Å²) in [5, 5.41) is 5.59. The molecule has 4 amide bonds. The van der Waals surface area contributed by atoms with E-state index in [0.29, 0.717) is 18.9 Å². The van der Waals surface area contributed by atoms with Gasteiger partial charge in [-0.3, -0.25) is 14.5 Å². The van der Waals surface area contributed by atoms with E-state index in [-0.39, 0.29) is 24.9 Å². The largest absolute Gasteiger partial charge is 0.478 e. The maximum absolute atomic E-state index is 12.9. The van der Waals surface area contributed by atoms with Crippen LogP contribution in [0.25, 0.3) is 0 Å². The molecule has 1 aliphatic carbocycles. The molecule has 0 radical (unpaired) electrons. The van der Waals surface area contributed by atoms with Gasteiger partial charge >= 0.3 is 6.03 Å². The minimum absolute atomic E-state index is 0.0694. The Morgan fingerprint density at radius 3 is 3.00 bits per heavy atom. The number of nitrogens with one attached hydrogen (secondary N) is 2. The van der Waals surface area contributed by atoms with E-state index in [1.807, 2.05) is 19.9 Å². The van der Waals surface area contributed by atoms with Crippen LogP contribution in [0.1, 0.15) is 45.1 Å². The van der Waals surface area contributed by atoms with Gasteiger partial charge in [0.05, 0.1) is 6.61 Å². The van der Waals surface area contributed by atoms with Crippen molar-refractivity contribution in [2.24, 2.45) is 5.92 Å². The summed E-state index contributed by atoms with van der Waals surface area (Å²) in [4.78, 5) is 42.7. The van der Waals surface area contributed by atoms with Crippen molar-refractivity contribution in [3.8, 4) is 5.88 Å². The van der Waals surface area contributed by atoms with Crippen LogP contribution >= 0.6 is 0 Å². The molecule has 1 spiro atoms. The Hall–Kier alpha value is -2.64. The highest BCUT2D eigenvalue weighted by Gasteiger charge is 2.55. The highest BCUT2D eigenvalue weighted by atomic mass is 16.5. The minimum Gasteiger partial charge on any atom is -0.478 e. The fourth-order valence-corrected chi connectivity index (χ4v) is 3.86. The lowest BCUT2D eigenvalue weighted by molar-refractivity contribution is -0.137. The fraction of sp³-hybridized carbons (Fsp3) is 0.579. The van der Waals surface area contributed by atoms with E-state index in [1.54, 1.807) is 12.3 Å². The molecule has 3 rings (SSSR count). The molecule has 1 saturated heterocycles. The maximum Gasteiger partial charge on any atom is 0.325 e. The van der Waals surface area contributed by atoms with Crippen molar-refractivity contribution in [3.05, 3.63) is 23.9 Å². The van der Waals surface area contributed by atoms with Crippen LogP contribution < -0.4 is 15.4 Å². The molecule has 0 aromatic carbocycles. The molecule has 2 aliphatic rings. The predicted octanol–water partition coefficient (Wildman–Crippen LogP) is 1.60. The van der Waals surface area contributed by atoms with Crippen LogP contribution in [0.2, 0.25) is 0 Å². The number of carbonyl (C=O) groups is 3. The molecule has 2 fully saturated rings. The minimum atomic E-state index is -0.846. The Bertz CT molecular complexity index is 738. The molecule has 1 saturated carbocycles. The average Bonchev–Trinajstić information content (AvgIpc) is 2.89. The number of carbonyl (C=O) groups excluding carboxylic acids is 3. The van der Waals surface area contributed by atoms with Gasteiger partial charge in [0.25, 0.3) is 5.91 Å². The first kappa shape index (κ1) is 19.1. The van der Waals surface area contributed by atoms with Gasteiger partial charge in [0.1, 0.15) is 12.1 Å². The van der Waals surface area contributed by atoms with Gasteiger partial charge in [0.15, 0.2) is 0 Å². The van der Waals surface area contributed by atoms with Crippen LogP contribution in [0.5, 0.6) is 5.88 Å². The summed E-state index contributed by atoms with van der Waals surface area (Å²) < 4.78 is 5.43. The Morgan fingerprint density at radius 1 is 1.44 bits per heavy atom. The summed E-state index contributed by atoms with van der Waals surface area (Å²) in [6.45, 7) is 4.24. The van der Waals surface area contributed by atoms with Gasteiger partial charge in [-0.1, -0.05) is 25.8 Å². The van der Waals surface area contributed by atoms with E-state index in [1.165, 1.54) is 0 Å². The third-order valence-electron chi connectivity index (χ3n) is 5.41. The lowest BCUT2D eigenvalue weighted by atomic mass is 9.73. The molecule has 8 nitrogen and oxygen atoms in total. The quantitative estimate of drug-likeness (QED) is 0.737. The van der Waals surface area contributed by atoms with Crippen LogP contribution in [0, 0.1) is 5.92 Å².